The van der Waals surface area contributed by atoms with Crippen molar-refractivity contribution in [1.82, 2.24) is 0 Å². The normalized spacial score (nSPS) is 11.8. The molecule has 1 unspecified atom stereocenters. The number of hydrogen-bond donors (Lipinski definition) is 2. The van der Waals surface area contributed by atoms with Gasteiger partial charge in [-0.15, -0.1) is 0 Å². The number of carbonyl (C=O) groups is 1. The van der Waals surface area contributed by atoms with Gasteiger partial charge in [0.15, 0.2) is 0 Å². The highest BCUT2D eigenvalue weighted by Crippen LogP contribution is 2.19. The molecule has 2 rings (SSSR count). The van der Waals surface area contributed by atoms with E-state index in [-0.39, 0.29) is 6.03 Å². The molecular formula is C16H17FN2O2. The standard InChI is InChI=1S/C16H17FN2O2/c1-11(20)12-5-3-7-14(9-12)18-16(21)19(2)15-8-4-6-13(17)10-15/h3-11,20H,1-2H3,(H,18,21). The first-order valence-corrected chi connectivity index (χ1v) is 6.55. The van der Waals surface area contributed by atoms with Crippen LogP contribution in [0.4, 0.5) is 20.6 Å². The van der Waals surface area contributed by atoms with Crippen LogP contribution in [-0.2, 0) is 0 Å². The first kappa shape index (κ1) is 15.0. The Kier molecular flexibility index (Phi) is 4.55. The minimum absolute atomic E-state index is 0.386. The number of halogens is 1. The number of nitrogens with one attached hydrogen (secondary N) is 1. The predicted molar refractivity (Wildman–Crippen MR) is 80.9 cm³/mol. The molecule has 2 N–H and O–H groups in total. The minimum Gasteiger partial charge on any atom is -0.389 e. The Morgan fingerprint density at radius 2 is 1.95 bits per heavy atom. The van der Waals surface area contributed by atoms with Crippen LogP contribution in [0.2, 0.25) is 0 Å². The third-order valence-corrected chi connectivity index (χ3v) is 3.12. The molecule has 0 saturated carbocycles. The summed E-state index contributed by atoms with van der Waals surface area (Å²) in [6.07, 6.45) is -0.609. The van der Waals surface area contributed by atoms with Gasteiger partial charge in [0.05, 0.1) is 6.10 Å². The van der Waals surface area contributed by atoms with E-state index in [1.807, 2.05) is 0 Å². The third-order valence-electron chi connectivity index (χ3n) is 3.12. The molecule has 0 fully saturated rings. The molecule has 2 amide bonds. The molecule has 5 heteroatoms. The monoisotopic (exact) mass is 288 g/mol. The maximum absolute atomic E-state index is 13.2. The number of amides is 2. The molecule has 0 spiro atoms. The van der Waals surface area contributed by atoms with Crippen LogP contribution < -0.4 is 10.2 Å². The second kappa shape index (κ2) is 6.37. The molecular weight excluding hydrogens is 271 g/mol. The molecule has 4 nitrogen and oxygen atoms in total. The summed E-state index contributed by atoms with van der Waals surface area (Å²) in [5.74, 6) is -0.400. The van der Waals surface area contributed by atoms with Crippen LogP contribution in [0.1, 0.15) is 18.6 Å². The van der Waals surface area contributed by atoms with Crippen LogP contribution >= 0.6 is 0 Å². The van der Waals surface area contributed by atoms with Crippen molar-refractivity contribution >= 4 is 17.4 Å². The van der Waals surface area contributed by atoms with Gasteiger partial charge in [0.2, 0.25) is 0 Å². The zero-order valence-corrected chi connectivity index (χ0v) is 11.9. The first-order chi connectivity index (χ1) is 9.97. The first-order valence-electron chi connectivity index (χ1n) is 6.55. The largest absolute Gasteiger partial charge is 0.389 e. The van der Waals surface area contributed by atoms with Crippen LogP contribution in [0, 0.1) is 5.82 Å². The molecule has 2 aromatic carbocycles. The fraction of sp³-hybridized carbons (Fsp3) is 0.188. The van der Waals surface area contributed by atoms with E-state index in [9.17, 15) is 14.3 Å². The van der Waals surface area contributed by atoms with Gasteiger partial charge in [-0.3, -0.25) is 4.90 Å². The van der Waals surface area contributed by atoms with Gasteiger partial charge < -0.3 is 10.4 Å². The minimum atomic E-state index is -0.609. The average molecular weight is 288 g/mol. The lowest BCUT2D eigenvalue weighted by molar-refractivity contribution is 0.199. The zero-order valence-electron chi connectivity index (χ0n) is 11.9. The van der Waals surface area contributed by atoms with Gasteiger partial charge in [-0.1, -0.05) is 18.2 Å². The lowest BCUT2D eigenvalue weighted by atomic mass is 10.1. The lowest BCUT2D eigenvalue weighted by Gasteiger charge is -2.18. The van der Waals surface area contributed by atoms with Crippen molar-refractivity contribution in [2.24, 2.45) is 0 Å². The lowest BCUT2D eigenvalue weighted by Crippen LogP contribution is -2.31. The number of aliphatic hydroxyl groups excluding tert-OH is 1. The van der Waals surface area contributed by atoms with Crippen LogP contribution in [0.3, 0.4) is 0 Å². The summed E-state index contributed by atoms with van der Waals surface area (Å²) in [5.41, 5.74) is 1.74. The van der Waals surface area contributed by atoms with Crippen molar-refractivity contribution < 1.29 is 14.3 Å². The van der Waals surface area contributed by atoms with Gasteiger partial charge >= 0.3 is 6.03 Å². The number of hydrogen-bond acceptors (Lipinski definition) is 2. The number of rotatable bonds is 3. The highest BCUT2D eigenvalue weighted by molar-refractivity contribution is 6.01. The molecule has 1 atom stereocenters. The van der Waals surface area contributed by atoms with Crippen LogP contribution in [0.5, 0.6) is 0 Å². The van der Waals surface area contributed by atoms with Crippen LogP contribution in [0.25, 0.3) is 0 Å². The van der Waals surface area contributed by atoms with E-state index < -0.39 is 11.9 Å². The van der Waals surface area contributed by atoms with Gasteiger partial charge in [-0.2, -0.15) is 0 Å². The molecule has 0 heterocycles. The Morgan fingerprint density at radius 1 is 1.24 bits per heavy atom. The summed E-state index contributed by atoms with van der Waals surface area (Å²) in [6.45, 7) is 1.65. The Morgan fingerprint density at radius 3 is 2.62 bits per heavy atom. The SMILES string of the molecule is CC(O)c1cccc(NC(=O)N(C)c2cccc(F)c2)c1. The summed E-state index contributed by atoms with van der Waals surface area (Å²) < 4.78 is 13.2. The van der Waals surface area contributed by atoms with E-state index in [4.69, 9.17) is 0 Å². The van der Waals surface area contributed by atoms with E-state index in [1.165, 1.54) is 17.0 Å². The Balaban J connectivity index is 2.12. The summed E-state index contributed by atoms with van der Waals surface area (Å²) in [4.78, 5) is 13.5. The van der Waals surface area contributed by atoms with E-state index in [1.54, 1.807) is 50.4 Å². The van der Waals surface area contributed by atoms with Crippen LogP contribution in [0.15, 0.2) is 48.5 Å². The van der Waals surface area contributed by atoms with Gasteiger partial charge in [0, 0.05) is 18.4 Å². The maximum atomic E-state index is 13.2. The fourth-order valence-corrected chi connectivity index (χ4v) is 1.89. The van der Waals surface area contributed by atoms with Crippen molar-refractivity contribution in [3.63, 3.8) is 0 Å². The summed E-state index contributed by atoms with van der Waals surface area (Å²) in [5, 5.41) is 12.2. The third kappa shape index (κ3) is 3.79. The molecule has 21 heavy (non-hydrogen) atoms. The Hall–Kier alpha value is -2.40. The smallest absolute Gasteiger partial charge is 0.326 e. The van der Waals surface area contributed by atoms with Crippen molar-refractivity contribution in [3.05, 3.63) is 59.9 Å². The second-order valence-corrected chi connectivity index (χ2v) is 4.77. The van der Waals surface area contributed by atoms with Gasteiger partial charge in [0.25, 0.3) is 0 Å². The highest BCUT2D eigenvalue weighted by Gasteiger charge is 2.12. The number of carbonyl (C=O) groups excluding carboxylic acids is 1. The highest BCUT2D eigenvalue weighted by atomic mass is 19.1. The summed E-state index contributed by atoms with van der Waals surface area (Å²) in [6, 6.07) is 12.4. The topological polar surface area (TPSA) is 52.6 Å². The van der Waals surface area contributed by atoms with E-state index in [0.717, 1.165) is 0 Å². The summed E-state index contributed by atoms with van der Waals surface area (Å²) in [7, 11) is 1.56. The van der Waals surface area contributed by atoms with Gasteiger partial charge in [-0.05, 0) is 42.8 Å². The Labute approximate surface area is 122 Å². The molecule has 110 valence electrons. The van der Waals surface area contributed by atoms with Gasteiger partial charge in [-0.25, -0.2) is 9.18 Å². The number of nitrogens with zero attached hydrogens (tertiary/aromatic N) is 1. The molecule has 0 aromatic heterocycles. The Bertz CT molecular complexity index is 644. The molecule has 0 saturated heterocycles. The zero-order chi connectivity index (χ0) is 15.4. The molecule has 0 aliphatic carbocycles. The molecule has 2 aromatic rings. The fourth-order valence-electron chi connectivity index (χ4n) is 1.89. The number of aliphatic hydroxyl groups is 1. The van der Waals surface area contributed by atoms with Crippen molar-refractivity contribution in [2.45, 2.75) is 13.0 Å². The van der Waals surface area contributed by atoms with E-state index in [2.05, 4.69) is 5.32 Å². The quantitative estimate of drug-likeness (QED) is 0.907. The van der Waals surface area contributed by atoms with Crippen molar-refractivity contribution in [3.8, 4) is 0 Å². The maximum Gasteiger partial charge on any atom is 0.326 e. The van der Waals surface area contributed by atoms with Crippen molar-refractivity contribution in [2.75, 3.05) is 17.3 Å². The number of anilines is 2. The van der Waals surface area contributed by atoms with E-state index in [0.29, 0.717) is 16.9 Å². The second-order valence-electron chi connectivity index (χ2n) is 4.77. The van der Waals surface area contributed by atoms with Crippen molar-refractivity contribution in [1.29, 1.82) is 0 Å². The summed E-state index contributed by atoms with van der Waals surface area (Å²) >= 11 is 0. The number of benzene rings is 2. The van der Waals surface area contributed by atoms with Gasteiger partial charge in [0.1, 0.15) is 5.82 Å². The molecule has 0 bridgehead atoms. The van der Waals surface area contributed by atoms with Crippen LogP contribution in [-0.4, -0.2) is 18.2 Å². The number of urea groups is 1. The van der Waals surface area contributed by atoms with E-state index >= 15 is 0 Å². The molecule has 0 radical (unpaired) electrons. The molecule has 0 aliphatic heterocycles. The molecule has 0 aliphatic rings. The average Bonchev–Trinajstić information content (AvgIpc) is 2.46. The predicted octanol–water partition coefficient (Wildman–Crippen LogP) is 3.55.